The molecule has 1 aromatic heterocycles. The van der Waals surface area contributed by atoms with Gasteiger partial charge in [0.05, 0.1) is 13.6 Å². The molecule has 25 heavy (non-hydrogen) atoms. The second kappa shape index (κ2) is 8.26. The summed E-state index contributed by atoms with van der Waals surface area (Å²) in [5.41, 5.74) is 0.0307. The van der Waals surface area contributed by atoms with Gasteiger partial charge >= 0.3 is 0 Å². The summed E-state index contributed by atoms with van der Waals surface area (Å²) in [7, 11) is -3.78. The van der Waals surface area contributed by atoms with Gasteiger partial charge in [-0.2, -0.15) is 0 Å². The van der Waals surface area contributed by atoms with Gasteiger partial charge in [-0.15, -0.1) is 11.3 Å². The van der Waals surface area contributed by atoms with Crippen LogP contribution < -0.4 is 10.0 Å². The second-order valence-corrected chi connectivity index (χ2v) is 9.86. The van der Waals surface area contributed by atoms with Crippen LogP contribution in [0.2, 0.25) is 0 Å². The van der Waals surface area contributed by atoms with Crippen molar-refractivity contribution in [2.75, 3.05) is 11.9 Å². The summed E-state index contributed by atoms with van der Waals surface area (Å²) in [6, 6.07) is 7.50. The van der Waals surface area contributed by atoms with Gasteiger partial charge in [0.1, 0.15) is 5.69 Å². The lowest BCUT2D eigenvalue weighted by Crippen LogP contribution is -2.30. The minimum absolute atomic E-state index is 0.124. The van der Waals surface area contributed by atoms with Crippen LogP contribution in [0.4, 0.5) is 11.4 Å². The zero-order valence-electron chi connectivity index (χ0n) is 13.7. The third-order valence-electron chi connectivity index (χ3n) is 3.18. The normalized spacial score (nSPS) is 11.7. The lowest BCUT2D eigenvalue weighted by Gasteiger charge is -2.11. The first-order chi connectivity index (χ1) is 11.7. The molecular formula is C15H18BrN3O4S2. The Morgan fingerprint density at radius 2 is 2.00 bits per heavy atom. The first-order valence-corrected chi connectivity index (χ1v) is 10.6. The molecule has 0 spiro atoms. The predicted octanol–water partition coefficient (Wildman–Crippen LogP) is 3.76. The van der Waals surface area contributed by atoms with E-state index >= 15 is 0 Å². The van der Waals surface area contributed by atoms with E-state index in [9.17, 15) is 18.5 Å². The van der Waals surface area contributed by atoms with Crippen molar-refractivity contribution in [1.29, 1.82) is 0 Å². The highest BCUT2D eigenvalue weighted by Crippen LogP contribution is 2.28. The molecule has 2 rings (SSSR count). The number of sulfonamides is 1. The average Bonchev–Trinajstić information content (AvgIpc) is 2.91. The smallest absolute Gasteiger partial charge is 0.293 e. The van der Waals surface area contributed by atoms with E-state index in [1.165, 1.54) is 12.1 Å². The Balaban J connectivity index is 2.17. The summed E-state index contributed by atoms with van der Waals surface area (Å²) in [4.78, 5) is 11.7. The van der Waals surface area contributed by atoms with Gasteiger partial charge in [0, 0.05) is 23.5 Å². The fraction of sp³-hybridized carbons (Fsp3) is 0.333. The van der Waals surface area contributed by atoms with Crippen molar-refractivity contribution in [2.24, 2.45) is 0 Å². The number of hydrogen-bond donors (Lipinski definition) is 2. The molecule has 0 aliphatic rings. The molecule has 2 aromatic rings. The molecule has 10 heteroatoms. The number of anilines is 1. The number of thiophene rings is 1. The number of nitrogens with zero attached hydrogens (tertiary/aromatic N) is 1. The van der Waals surface area contributed by atoms with Crippen LogP contribution in [0.25, 0.3) is 0 Å². The number of nitrogens with one attached hydrogen (secondary N) is 2. The third-order valence-corrected chi connectivity index (χ3v) is 6.52. The van der Waals surface area contributed by atoms with Gasteiger partial charge in [0.15, 0.2) is 0 Å². The summed E-state index contributed by atoms with van der Waals surface area (Å²) >= 11 is 4.99. The third kappa shape index (κ3) is 5.50. The van der Waals surface area contributed by atoms with Crippen molar-refractivity contribution in [3.05, 3.63) is 49.1 Å². The van der Waals surface area contributed by atoms with E-state index in [-0.39, 0.29) is 16.6 Å². The molecule has 0 atom stereocenters. The van der Waals surface area contributed by atoms with Crippen molar-refractivity contribution in [3.63, 3.8) is 0 Å². The van der Waals surface area contributed by atoms with E-state index in [4.69, 9.17) is 0 Å². The Morgan fingerprint density at radius 3 is 2.56 bits per heavy atom. The lowest BCUT2D eigenvalue weighted by atomic mass is 10.2. The standard InChI is InChI=1S/C15H18BrN3O4S2/c1-10(2)18-25(22,23)12-4-5-13(14(9-12)19(20)21)17-8-7-11-3-6-15(16)24-11/h3-6,9-10,17-18H,7-8H2,1-2H3. The van der Waals surface area contributed by atoms with Crippen molar-refractivity contribution >= 4 is 48.7 Å². The molecule has 136 valence electrons. The zero-order valence-corrected chi connectivity index (χ0v) is 16.9. The maximum atomic E-state index is 12.2. The predicted molar refractivity (Wildman–Crippen MR) is 103 cm³/mol. The van der Waals surface area contributed by atoms with E-state index in [0.29, 0.717) is 18.7 Å². The van der Waals surface area contributed by atoms with Gasteiger partial charge < -0.3 is 5.32 Å². The number of hydrogen-bond acceptors (Lipinski definition) is 6. The molecule has 1 heterocycles. The quantitative estimate of drug-likeness (QED) is 0.473. The van der Waals surface area contributed by atoms with Crippen molar-refractivity contribution in [1.82, 2.24) is 4.72 Å². The fourth-order valence-electron chi connectivity index (χ4n) is 2.16. The Bertz CT molecular complexity index is 865. The Labute approximate surface area is 158 Å². The highest BCUT2D eigenvalue weighted by atomic mass is 79.9. The molecule has 0 aliphatic carbocycles. The van der Waals surface area contributed by atoms with Crippen LogP contribution in [0.15, 0.2) is 39.0 Å². The summed E-state index contributed by atoms with van der Waals surface area (Å²) in [5.74, 6) is 0. The van der Waals surface area contributed by atoms with E-state index in [1.54, 1.807) is 25.2 Å². The van der Waals surface area contributed by atoms with Crippen LogP contribution in [0.1, 0.15) is 18.7 Å². The van der Waals surface area contributed by atoms with E-state index < -0.39 is 14.9 Å². The van der Waals surface area contributed by atoms with Crippen LogP contribution in [-0.2, 0) is 16.4 Å². The van der Waals surface area contributed by atoms with Crippen molar-refractivity contribution in [3.8, 4) is 0 Å². The first-order valence-electron chi connectivity index (χ1n) is 7.48. The summed E-state index contributed by atoms with van der Waals surface area (Å²) < 4.78 is 27.8. The van der Waals surface area contributed by atoms with E-state index in [1.807, 2.05) is 12.1 Å². The minimum Gasteiger partial charge on any atom is -0.379 e. The topological polar surface area (TPSA) is 101 Å². The monoisotopic (exact) mass is 447 g/mol. The van der Waals surface area contributed by atoms with Gasteiger partial charge in [-0.05, 0) is 60.5 Å². The molecule has 0 unspecified atom stereocenters. The maximum Gasteiger partial charge on any atom is 0.293 e. The molecule has 0 saturated carbocycles. The second-order valence-electron chi connectivity index (χ2n) is 5.59. The van der Waals surface area contributed by atoms with Crippen LogP contribution in [0.3, 0.4) is 0 Å². The van der Waals surface area contributed by atoms with Crippen LogP contribution >= 0.6 is 27.3 Å². The molecule has 0 bridgehead atoms. The average molecular weight is 448 g/mol. The molecule has 1 aromatic carbocycles. The largest absolute Gasteiger partial charge is 0.379 e. The molecule has 0 fully saturated rings. The zero-order chi connectivity index (χ0) is 18.6. The van der Waals surface area contributed by atoms with Gasteiger partial charge in [0.25, 0.3) is 5.69 Å². The molecule has 2 N–H and O–H groups in total. The van der Waals surface area contributed by atoms with Crippen LogP contribution in [0.5, 0.6) is 0 Å². The molecule has 0 amide bonds. The molecule has 0 aliphatic heterocycles. The van der Waals surface area contributed by atoms with Crippen LogP contribution in [-0.4, -0.2) is 25.9 Å². The number of nitro groups is 1. The highest BCUT2D eigenvalue weighted by molar-refractivity contribution is 9.11. The van der Waals surface area contributed by atoms with Gasteiger partial charge in [-0.1, -0.05) is 0 Å². The number of halogens is 1. The van der Waals surface area contributed by atoms with Gasteiger partial charge in [0.2, 0.25) is 10.0 Å². The first kappa shape index (κ1) is 19.8. The van der Waals surface area contributed by atoms with E-state index in [0.717, 1.165) is 14.7 Å². The highest BCUT2D eigenvalue weighted by Gasteiger charge is 2.21. The number of benzene rings is 1. The molecule has 0 radical (unpaired) electrons. The Morgan fingerprint density at radius 1 is 1.28 bits per heavy atom. The maximum absolute atomic E-state index is 12.2. The fourth-order valence-corrected chi connectivity index (χ4v) is 4.92. The molecule has 0 saturated heterocycles. The number of nitro benzene ring substituents is 1. The lowest BCUT2D eigenvalue weighted by molar-refractivity contribution is -0.384. The summed E-state index contributed by atoms with van der Waals surface area (Å²) in [6.45, 7) is 3.87. The molecule has 7 nitrogen and oxygen atoms in total. The summed E-state index contributed by atoms with van der Waals surface area (Å²) in [6.07, 6.45) is 0.711. The minimum atomic E-state index is -3.78. The van der Waals surface area contributed by atoms with E-state index in [2.05, 4.69) is 26.0 Å². The Hall–Kier alpha value is -1.49. The Kier molecular flexibility index (Phi) is 6.55. The summed E-state index contributed by atoms with van der Waals surface area (Å²) in [5, 5.41) is 14.3. The van der Waals surface area contributed by atoms with Crippen molar-refractivity contribution < 1.29 is 13.3 Å². The van der Waals surface area contributed by atoms with Crippen molar-refractivity contribution in [2.45, 2.75) is 31.2 Å². The van der Waals surface area contributed by atoms with Crippen LogP contribution in [0, 0.1) is 10.1 Å². The molecular weight excluding hydrogens is 430 g/mol. The SMILES string of the molecule is CC(C)NS(=O)(=O)c1ccc(NCCc2ccc(Br)s2)c([N+](=O)[O-])c1. The van der Waals surface area contributed by atoms with Gasteiger partial charge in [-0.25, -0.2) is 13.1 Å². The number of rotatable bonds is 8. The van der Waals surface area contributed by atoms with Gasteiger partial charge in [-0.3, -0.25) is 10.1 Å².